The van der Waals surface area contributed by atoms with Gasteiger partial charge in [-0.3, -0.25) is 4.79 Å². The van der Waals surface area contributed by atoms with Crippen LogP contribution in [0.1, 0.15) is 0 Å². The lowest BCUT2D eigenvalue weighted by atomic mass is 10.5. The van der Waals surface area contributed by atoms with Gasteiger partial charge in [0.15, 0.2) is 0 Å². The molecule has 2 N–H and O–H groups in total. The molecule has 0 aliphatic rings. The third kappa shape index (κ3) is 3.69. The fourth-order valence-electron chi connectivity index (χ4n) is 0.925. The Morgan fingerprint density at radius 1 is 1.47 bits per heavy atom. The fraction of sp³-hybridized carbons (Fsp3) is 0.375. The molecule has 0 unspecified atom stereocenters. The average molecular weight is 248 g/mol. The van der Waals surface area contributed by atoms with E-state index in [9.17, 15) is 13.2 Å². The summed E-state index contributed by atoms with van der Waals surface area (Å²) in [5, 5.41) is 0. The van der Waals surface area contributed by atoms with Crippen molar-refractivity contribution in [2.45, 2.75) is 4.90 Å². The molecule has 0 aliphatic carbocycles. The van der Waals surface area contributed by atoms with Gasteiger partial charge in [-0.25, -0.2) is 13.1 Å². The number of sulfonamides is 1. The molecule has 0 saturated carbocycles. The molecule has 1 rings (SSSR count). The Labute approximate surface area is 92.3 Å². The second-order valence-electron chi connectivity index (χ2n) is 2.78. The van der Waals surface area contributed by atoms with Crippen LogP contribution in [0, 0.1) is 0 Å². The molecule has 0 aromatic carbocycles. The third-order valence-electron chi connectivity index (χ3n) is 1.66. The Morgan fingerprint density at radius 3 is 2.73 bits per heavy atom. The minimum Gasteiger partial charge on any atom is -0.328 e. The number of nitrogens with one attached hydrogen (secondary N) is 2. The molecule has 0 fully saturated rings. The van der Waals surface area contributed by atoms with E-state index in [4.69, 9.17) is 0 Å². The first-order chi connectivity index (χ1) is 7.06. The van der Waals surface area contributed by atoms with Gasteiger partial charge in [0.05, 0.1) is 4.90 Å². The van der Waals surface area contributed by atoms with Gasteiger partial charge in [0.25, 0.3) is 0 Å². The Kier molecular flexibility index (Phi) is 4.37. The summed E-state index contributed by atoms with van der Waals surface area (Å²) in [5.41, 5.74) is -0.321. The smallest absolute Gasteiger partial charge is 0.247 e. The summed E-state index contributed by atoms with van der Waals surface area (Å²) in [6, 6.07) is 2.46. The number of thioether (sulfide) groups is 1. The van der Waals surface area contributed by atoms with Crippen molar-refractivity contribution in [1.82, 2.24) is 9.71 Å². The second-order valence-corrected chi connectivity index (χ2v) is 5.53. The lowest BCUT2D eigenvalue weighted by Gasteiger charge is -2.04. The van der Waals surface area contributed by atoms with Gasteiger partial charge in [-0.2, -0.15) is 11.8 Å². The summed E-state index contributed by atoms with van der Waals surface area (Å²) in [4.78, 5) is 13.1. The minimum atomic E-state index is -3.48. The third-order valence-corrected chi connectivity index (χ3v) is 3.74. The molecule has 0 saturated heterocycles. The number of H-pyrrole nitrogens is 1. The lowest BCUT2D eigenvalue weighted by molar-refractivity contribution is 0.583. The Morgan fingerprint density at radius 2 is 2.20 bits per heavy atom. The summed E-state index contributed by atoms with van der Waals surface area (Å²) < 4.78 is 25.6. The average Bonchev–Trinajstić information content (AvgIpc) is 2.18. The van der Waals surface area contributed by atoms with Crippen molar-refractivity contribution in [3.05, 3.63) is 28.7 Å². The molecule has 15 heavy (non-hydrogen) atoms. The highest BCUT2D eigenvalue weighted by molar-refractivity contribution is 7.98. The molecular weight excluding hydrogens is 236 g/mol. The Balaban J connectivity index is 2.77. The maximum Gasteiger partial charge on any atom is 0.247 e. The Hall–Kier alpha value is -0.790. The Bertz CT molecular complexity index is 447. The van der Waals surface area contributed by atoms with Crippen LogP contribution in [0.3, 0.4) is 0 Å². The van der Waals surface area contributed by atoms with E-state index in [1.54, 1.807) is 11.8 Å². The molecule has 84 valence electrons. The van der Waals surface area contributed by atoms with Gasteiger partial charge >= 0.3 is 0 Å². The molecule has 0 bridgehead atoms. The summed E-state index contributed by atoms with van der Waals surface area (Å²) in [5.74, 6) is 0.711. The van der Waals surface area contributed by atoms with Crippen LogP contribution in [0.15, 0.2) is 28.0 Å². The number of hydrogen-bond donors (Lipinski definition) is 2. The first kappa shape index (κ1) is 12.3. The number of aromatic amines is 1. The first-order valence-electron chi connectivity index (χ1n) is 4.23. The van der Waals surface area contributed by atoms with Crippen molar-refractivity contribution in [2.75, 3.05) is 18.6 Å². The van der Waals surface area contributed by atoms with Gasteiger partial charge in [-0.15, -0.1) is 0 Å². The van der Waals surface area contributed by atoms with Crippen LogP contribution < -0.4 is 10.3 Å². The fourth-order valence-corrected chi connectivity index (χ4v) is 2.36. The normalized spacial score (nSPS) is 11.5. The summed E-state index contributed by atoms with van der Waals surface area (Å²) >= 11 is 1.56. The van der Waals surface area contributed by atoms with E-state index in [0.29, 0.717) is 12.3 Å². The van der Waals surface area contributed by atoms with Gasteiger partial charge in [-0.05, 0) is 12.3 Å². The maximum atomic E-state index is 11.6. The SMILES string of the molecule is CSCCNS(=O)(=O)c1ccc(=O)[nH]c1. The zero-order chi connectivity index (χ0) is 11.3. The van der Waals surface area contributed by atoms with Crippen molar-refractivity contribution in [1.29, 1.82) is 0 Å². The van der Waals surface area contributed by atoms with Crippen LogP contribution in [0.25, 0.3) is 0 Å². The topological polar surface area (TPSA) is 79.0 Å². The predicted molar refractivity (Wildman–Crippen MR) is 60.6 cm³/mol. The van der Waals surface area contributed by atoms with Crippen LogP contribution in [0.2, 0.25) is 0 Å². The zero-order valence-electron chi connectivity index (χ0n) is 8.19. The molecule has 0 aliphatic heterocycles. The van der Waals surface area contributed by atoms with Gasteiger partial charge in [-0.1, -0.05) is 0 Å². The molecule has 0 amide bonds. The molecule has 1 aromatic rings. The lowest BCUT2D eigenvalue weighted by Crippen LogP contribution is -2.26. The molecule has 1 heterocycles. The molecule has 1 aromatic heterocycles. The summed E-state index contributed by atoms with van der Waals surface area (Å²) in [7, 11) is -3.48. The van der Waals surface area contributed by atoms with E-state index in [1.807, 2.05) is 6.26 Å². The quantitative estimate of drug-likeness (QED) is 0.720. The molecule has 7 heteroatoms. The molecule has 5 nitrogen and oxygen atoms in total. The number of rotatable bonds is 5. The zero-order valence-corrected chi connectivity index (χ0v) is 9.82. The number of pyridine rings is 1. The van der Waals surface area contributed by atoms with Crippen molar-refractivity contribution in [2.24, 2.45) is 0 Å². The highest BCUT2D eigenvalue weighted by atomic mass is 32.2. The summed E-state index contributed by atoms with van der Waals surface area (Å²) in [6.45, 7) is 0.378. The highest BCUT2D eigenvalue weighted by Crippen LogP contribution is 2.03. The van der Waals surface area contributed by atoms with Crippen molar-refractivity contribution in [3.63, 3.8) is 0 Å². The number of aromatic nitrogens is 1. The molecule has 0 spiro atoms. The van der Waals surface area contributed by atoms with Crippen molar-refractivity contribution >= 4 is 21.8 Å². The van der Waals surface area contributed by atoms with E-state index >= 15 is 0 Å². The van der Waals surface area contributed by atoms with Crippen LogP contribution in [-0.2, 0) is 10.0 Å². The second kappa shape index (κ2) is 5.34. The van der Waals surface area contributed by atoms with Crippen LogP contribution in [0.4, 0.5) is 0 Å². The standard InChI is InChI=1S/C8H12N2O3S2/c1-14-5-4-10-15(12,13)7-2-3-8(11)9-6-7/h2-3,6,10H,4-5H2,1H3,(H,9,11). The minimum absolute atomic E-state index is 0.0724. The van der Waals surface area contributed by atoms with Crippen molar-refractivity contribution < 1.29 is 8.42 Å². The molecule has 0 radical (unpaired) electrons. The van der Waals surface area contributed by atoms with E-state index in [2.05, 4.69) is 9.71 Å². The van der Waals surface area contributed by atoms with Crippen molar-refractivity contribution in [3.8, 4) is 0 Å². The van der Waals surface area contributed by atoms with Gasteiger partial charge in [0.1, 0.15) is 0 Å². The van der Waals surface area contributed by atoms with E-state index in [-0.39, 0.29) is 10.5 Å². The van der Waals surface area contributed by atoms with Crippen LogP contribution in [-0.4, -0.2) is 32.0 Å². The largest absolute Gasteiger partial charge is 0.328 e. The highest BCUT2D eigenvalue weighted by Gasteiger charge is 2.12. The van der Waals surface area contributed by atoms with Crippen LogP contribution >= 0.6 is 11.8 Å². The maximum absolute atomic E-state index is 11.6. The van der Waals surface area contributed by atoms with E-state index in [1.165, 1.54) is 18.3 Å². The monoisotopic (exact) mass is 248 g/mol. The van der Waals surface area contributed by atoms with E-state index < -0.39 is 10.0 Å². The van der Waals surface area contributed by atoms with Gasteiger partial charge in [0, 0.05) is 24.6 Å². The van der Waals surface area contributed by atoms with Gasteiger partial charge in [0.2, 0.25) is 15.6 Å². The van der Waals surface area contributed by atoms with Crippen LogP contribution in [0.5, 0.6) is 0 Å². The van der Waals surface area contributed by atoms with Gasteiger partial charge < -0.3 is 4.98 Å². The first-order valence-corrected chi connectivity index (χ1v) is 7.11. The van der Waals surface area contributed by atoms with E-state index in [0.717, 1.165) is 0 Å². The number of hydrogen-bond acceptors (Lipinski definition) is 4. The summed E-state index contributed by atoms with van der Waals surface area (Å²) in [6.07, 6.45) is 3.08. The predicted octanol–water partition coefficient (Wildman–Crippen LogP) is 0.0162. The molecular formula is C8H12N2O3S2. The molecule has 0 atom stereocenters.